The molecular formula is C13H17NO2. The van der Waals surface area contributed by atoms with Crippen LogP contribution in [-0.2, 0) is 6.42 Å². The summed E-state index contributed by atoms with van der Waals surface area (Å²) in [5, 5.41) is 0. The number of aromatic amines is 1. The first-order valence-electron chi connectivity index (χ1n) is 6.23. The van der Waals surface area contributed by atoms with Gasteiger partial charge in [0.25, 0.3) is 5.56 Å². The highest BCUT2D eigenvalue weighted by Crippen LogP contribution is 2.34. The smallest absolute Gasteiger partial charge is 0.255 e. The SMILES string of the molecule is O=c1[nH]c(C2CCCC2)cc2c1CCCO2. The highest BCUT2D eigenvalue weighted by atomic mass is 16.5. The summed E-state index contributed by atoms with van der Waals surface area (Å²) >= 11 is 0. The monoisotopic (exact) mass is 219 g/mol. The Bertz CT molecular complexity index is 444. The third-order valence-corrected chi connectivity index (χ3v) is 3.74. The highest BCUT2D eigenvalue weighted by Gasteiger charge is 2.21. The normalized spacial score (nSPS) is 20.5. The Hall–Kier alpha value is -1.25. The van der Waals surface area contributed by atoms with Gasteiger partial charge in [-0.15, -0.1) is 0 Å². The van der Waals surface area contributed by atoms with Crippen LogP contribution in [0.5, 0.6) is 5.75 Å². The first kappa shape index (κ1) is 9.94. The number of rotatable bonds is 1. The van der Waals surface area contributed by atoms with Crippen LogP contribution in [-0.4, -0.2) is 11.6 Å². The van der Waals surface area contributed by atoms with Gasteiger partial charge in [0.15, 0.2) is 0 Å². The standard InChI is InChI=1S/C13H17NO2/c15-13-10-6-3-7-16-12(10)8-11(14-13)9-4-1-2-5-9/h8-9H,1-7H2,(H,14,15). The van der Waals surface area contributed by atoms with E-state index in [0.717, 1.165) is 36.5 Å². The number of H-pyrrole nitrogens is 1. The molecule has 1 aliphatic carbocycles. The fraction of sp³-hybridized carbons (Fsp3) is 0.615. The lowest BCUT2D eigenvalue weighted by Crippen LogP contribution is -2.21. The summed E-state index contributed by atoms with van der Waals surface area (Å²) in [6.45, 7) is 0.751. The molecule has 0 unspecified atom stereocenters. The van der Waals surface area contributed by atoms with Gasteiger partial charge in [-0.2, -0.15) is 0 Å². The second kappa shape index (κ2) is 3.96. The van der Waals surface area contributed by atoms with Crippen molar-refractivity contribution in [2.24, 2.45) is 0 Å². The second-order valence-electron chi connectivity index (χ2n) is 4.83. The van der Waals surface area contributed by atoms with Crippen molar-refractivity contribution in [1.82, 2.24) is 4.98 Å². The fourth-order valence-electron chi connectivity index (χ4n) is 2.84. The van der Waals surface area contributed by atoms with E-state index in [2.05, 4.69) is 11.1 Å². The van der Waals surface area contributed by atoms with Crippen LogP contribution >= 0.6 is 0 Å². The van der Waals surface area contributed by atoms with Crippen molar-refractivity contribution >= 4 is 0 Å². The molecule has 1 aliphatic heterocycles. The summed E-state index contributed by atoms with van der Waals surface area (Å²) in [5.74, 6) is 1.38. The number of ether oxygens (including phenoxy) is 1. The van der Waals surface area contributed by atoms with Crippen molar-refractivity contribution in [3.05, 3.63) is 27.7 Å². The van der Waals surface area contributed by atoms with E-state index in [9.17, 15) is 4.79 Å². The van der Waals surface area contributed by atoms with Gasteiger partial charge < -0.3 is 9.72 Å². The number of hydrogen-bond acceptors (Lipinski definition) is 2. The van der Waals surface area contributed by atoms with Crippen LogP contribution in [0.25, 0.3) is 0 Å². The van der Waals surface area contributed by atoms with Gasteiger partial charge in [0.05, 0.1) is 12.2 Å². The molecule has 0 aromatic carbocycles. The molecular weight excluding hydrogens is 202 g/mol. The maximum Gasteiger partial charge on any atom is 0.255 e. The van der Waals surface area contributed by atoms with E-state index in [0.29, 0.717) is 5.92 Å². The molecule has 0 bridgehead atoms. The third kappa shape index (κ3) is 1.64. The van der Waals surface area contributed by atoms with Gasteiger partial charge in [0.2, 0.25) is 0 Å². The van der Waals surface area contributed by atoms with Crippen LogP contribution in [0, 0.1) is 0 Å². The predicted molar refractivity (Wildman–Crippen MR) is 62.1 cm³/mol. The third-order valence-electron chi connectivity index (χ3n) is 3.74. The average molecular weight is 219 g/mol. The Morgan fingerprint density at radius 1 is 1.25 bits per heavy atom. The Balaban J connectivity index is 2.01. The van der Waals surface area contributed by atoms with Gasteiger partial charge >= 0.3 is 0 Å². The zero-order valence-electron chi connectivity index (χ0n) is 9.42. The fourth-order valence-corrected chi connectivity index (χ4v) is 2.84. The van der Waals surface area contributed by atoms with E-state index in [1.165, 1.54) is 25.7 Å². The second-order valence-corrected chi connectivity index (χ2v) is 4.83. The molecule has 1 aromatic heterocycles. The van der Waals surface area contributed by atoms with E-state index in [1.807, 2.05) is 0 Å². The van der Waals surface area contributed by atoms with Crippen molar-refractivity contribution in [1.29, 1.82) is 0 Å². The van der Waals surface area contributed by atoms with E-state index >= 15 is 0 Å². The zero-order valence-corrected chi connectivity index (χ0v) is 9.42. The van der Waals surface area contributed by atoms with Gasteiger partial charge in [-0.05, 0) is 31.6 Å². The van der Waals surface area contributed by atoms with Gasteiger partial charge in [-0.25, -0.2) is 0 Å². The summed E-state index contributed by atoms with van der Waals surface area (Å²) in [5.41, 5.74) is 2.00. The van der Waals surface area contributed by atoms with Crippen LogP contribution < -0.4 is 10.3 Å². The van der Waals surface area contributed by atoms with Crippen molar-refractivity contribution in [2.75, 3.05) is 6.61 Å². The largest absolute Gasteiger partial charge is 0.493 e. The van der Waals surface area contributed by atoms with Crippen LogP contribution in [0.2, 0.25) is 0 Å². The van der Waals surface area contributed by atoms with Gasteiger partial charge in [0, 0.05) is 11.8 Å². The lowest BCUT2D eigenvalue weighted by molar-refractivity contribution is 0.286. The predicted octanol–water partition coefficient (Wildman–Crippen LogP) is 2.36. The van der Waals surface area contributed by atoms with Gasteiger partial charge in [-0.3, -0.25) is 4.79 Å². The highest BCUT2D eigenvalue weighted by molar-refractivity contribution is 5.35. The summed E-state index contributed by atoms with van der Waals surface area (Å²) in [6.07, 6.45) is 6.78. The molecule has 0 atom stereocenters. The Labute approximate surface area is 94.8 Å². The zero-order chi connectivity index (χ0) is 11.0. The van der Waals surface area contributed by atoms with E-state index in [1.54, 1.807) is 0 Å². The van der Waals surface area contributed by atoms with E-state index in [-0.39, 0.29) is 5.56 Å². The topological polar surface area (TPSA) is 42.1 Å². The molecule has 3 rings (SSSR count). The Kier molecular flexibility index (Phi) is 2.46. The van der Waals surface area contributed by atoms with Gasteiger partial charge in [0.1, 0.15) is 5.75 Å². The summed E-state index contributed by atoms with van der Waals surface area (Å²) < 4.78 is 5.58. The maximum absolute atomic E-state index is 11.9. The number of nitrogens with one attached hydrogen (secondary N) is 1. The molecule has 1 aromatic rings. The molecule has 1 fully saturated rings. The first-order chi connectivity index (χ1) is 7.84. The molecule has 1 N–H and O–H groups in total. The molecule has 0 spiro atoms. The minimum absolute atomic E-state index is 0.0686. The van der Waals surface area contributed by atoms with Crippen molar-refractivity contribution < 1.29 is 4.74 Å². The quantitative estimate of drug-likeness (QED) is 0.787. The average Bonchev–Trinajstić information content (AvgIpc) is 2.82. The van der Waals surface area contributed by atoms with Gasteiger partial charge in [-0.1, -0.05) is 12.8 Å². The Morgan fingerprint density at radius 3 is 2.88 bits per heavy atom. The van der Waals surface area contributed by atoms with Crippen LogP contribution in [0.15, 0.2) is 10.9 Å². The van der Waals surface area contributed by atoms with Crippen molar-refractivity contribution in [3.63, 3.8) is 0 Å². The molecule has 3 nitrogen and oxygen atoms in total. The molecule has 0 radical (unpaired) electrons. The maximum atomic E-state index is 11.9. The van der Waals surface area contributed by atoms with Crippen LogP contribution in [0.3, 0.4) is 0 Å². The molecule has 2 heterocycles. The molecule has 0 amide bonds. The van der Waals surface area contributed by atoms with Crippen molar-refractivity contribution in [3.8, 4) is 5.75 Å². The lowest BCUT2D eigenvalue weighted by atomic mass is 10.0. The number of aromatic nitrogens is 1. The summed E-state index contributed by atoms with van der Waals surface area (Å²) in [7, 11) is 0. The molecule has 2 aliphatic rings. The Morgan fingerprint density at radius 2 is 2.06 bits per heavy atom. The van der Waals surface area contributed by atoms with Crippen LogP contribution in [0.4, 0.5) is 0 Å². The van der Waals surface area contributed by atoms with E-state index in [4.69, 9.17) is 4.74 Å². The minimum atomic E-state index is 0.0686. The molecule has 86 valence electrons. The summed E-state index contributed by atoms with van der Waals surface area (Å²) in [4.78, 5) is 14.9. The van der Waals surface area contributed by atoms with Crippen molar-refractivity contribution in [2.45, 2.75) is 44.4 Å². The van der Waals surface area contributed by atoms with Crippen LogP contribution in [0.1, 0.15) is 49.3 Å². The number of hydrogen-bond donors (Lipinski definition) is 1. The summed E-state index contributed by atoms with van der Waals surface area (Å²) in [6, 6.07) is 2.06. The molecule has 0 saturated heterocycles. The molecule has 1 saturated carbocycles. The number of pyridine rings is 1. The molecule has 3 heteroatoms. The van der Waals surface area contributed by atoms with E-state index < -0.39 is 0 Å². The lowest BCUT2D eigenvalue weighted by Gasteiger charge is -2.18. The number of fused-ring (bicyclic) bond motifs is 1. The minimum Gasteiger partial charge on any atom is -0.493 e. The molecule has 16 heavy (non-hydrogen) atoms. The first-order valence-corrected chi connectivity index (χ1v) is 6.23.